The number of aromatic hydroxyl groups is 1. The van der Waals surface area contributed by atoms with Crippen molar-refractivity contribution < 1.29 is 27.8 Å². The van der Waals surface area contributed by atoms with Gasteiger partial charge in [0.1, 0.15) is 0 Å². The van der Waals surface area contributed by atoms with E-state index in [1.54, 1.807) is 0 Å². The van der Waals surface area contributed by atoms with Crippen molar-refractivity contribution in [1.82, 2.24) is 0 Å². The van der Waals surface area contributed by atoms with E-state index in [0.717, 1.165) is 6.07 Å². The molecular weight excluding hydrogens is 305 g/mol. The van der Waals surface area contributed by atoms with Crippen molar-refractivity contribution in [2.75, 3.05) is 0 Å². The first kappa shape index (κ1) is 13.8. The minimum Gasteiger partial charge on any atom is -0.504 e. The Labute approximate surface area is 103 Å². The summed E-state index contributed by atoms with van der Waals surface area (Å²) in [7, 11) is 0. The molecule has 0 aromatic heterocycles. The van der Waals surface area contributed by atoms with E-state index in [4.69, 9.17) is 0 Å². The fraction of sp³-hybridized carbons (Fsp3) is 0.300. The molecule has 1 aromatic carbocycles. The van der Waals surface area contributed by atoms with Gasteiger partial charge >= 0.3 is 6.36 Å². The molecule has 0 spiro atoms. The van der Waals surface area contributed by atoms with Gasteiger partial charge in [0, 0.05) is 0 Å². The van der Waals surface area contributed by atoms with Crippen LogP contribution in [0.25, 0.3) is 0 Å². The number of ether oxygens (including phenoxy) is 1. The number of phenols is 1. The van der Waals surface area contributed by atoms with E-state index in [1.807, 2.05) is 0 Å². The standard InChI is InChI=1S/C10H8BrF3O3/c1-5(11)8(15)6-3-2-4-7(9(6)16)17-10(12,13)14/h2-5,16H,1H3. The molecule has 0 amide bonds. The summed E-state index contributed by atoms with van der Waals surface area (Å²) in [5.41, 5.74) is -0.226. The number of phenolic OH excluding ortho intramolecular Hbond substituents is 1. The highest BCUT2D eigenvalue weighted by Gasteiger charge is 2.33. The topological polar surface area (TPSA) is 46.5 Å². The first-order valence-electron chi connectivity index (χ1n) is 4.48. The molecule has 0 aliphatic rings. The average Bonchev–Trinajstić information content (AvgIpc) is 2.18. The SMILES string of the molecule is CC(Br)C(=O)c1cccc(OC(F)(F)F)c1O. The van der Waals surface area contributed by atoms with Gasteiger partial charge in [0.25, 0.3) is 0 Å². The normalized spacial score (nSPS) is 13.2. The Morgan fingerprint density at radius 3 is 2.53 bits per heavy atom. The summed E-state index contributed by atoms with van der Waals surface area (Å²) >= 11 is 2.97. The van der Waals surface area contributed by atoms with E-state index < -0.39 is 28.5 Å². The van der Waals surface area contributed by atoms with E-state index in [1.165, 1.54) is 19.1 Å². The highest BCUT2D eigenvalue weighted by molar-refractivity contribution is 9.10. The molecule has 0 saturated carbocycles. The maximum absolute atomic E-state index is 12.0. The number of benzene rings is 1. The number of hydrogen-bond acceptors (Lipinski definition) is 3. The molecule has 3 nitrogen and oxygen atoms in total. The number of halogens is 4. The Morgan fingerprint density at radius 1 is 1.47 bits per heavy atom. The second-order valence-electron chi connectivity index (χ2n) is 3.18. The predicted molar refractivity (Wildman–Crippen MR) is 57.5 cm³/mol. The van der Waals surface area contributed by atoms with Crippen LogP contribution in [0.1, 0.15) is 17.3 Å². The summed E-state index contributed by atoms with van der Waals surface area (Å²) in [6.45, 7) is 1.50. The molecule has 1 atom stereocenters. The number of Topliss-reactive ketones (excluding diaryl/α,β-unsaturated/α-hetero) is 1. The maximum Gasteiger partial charge on any atom is 0.573 e. The van der Waals surface area contributed by atoms with E-state index in [2.05, 4.69) is 20.7 Å². The Bertz CT molecular complexity index is 429. The van der Waals surface area contributed by atoms with Gasteiger partial charge in [-0.25, -0.2) is 0 Å². The summed E-state index contributed by atoms with van der Waals surface area (Å²) < 4.78 is 39.5. The van der Waals surface area contributed by atoms with Gasteiger partial charge in [-0.05, 0) is 19.1 Å². The zero-order valence-corrected chi connectivity index (χ0v) is 10.2. The Hall–Kier alpha value is -1.24. The third-order valence-corrected chi connectivity index (χ3v) is 2.27. The van der Waals surface area contributed by atoms with E-state index in [0.29, 0.717) is 0 Å². The maximum atomic E-state index is 12.0. The van der Waals surface area contributed by atoms with Gasteiger partial charge in [-0.3, -0.25) is 4.79 Å². The quantitative estimate of drug-likeness (QED) is 0.688. The molecule has 7 heteroatoms. The van der Waals surface area contributed by atoms with Crippen molar-refractivity contribution in [3.05, 3.63) is 23.8 Å². The van der Waals surface area contributed by atoms with Crippen molar-refractivity contribution in [2.24, 2.45) is 0 Å². The van der Waals surface area contributed by atoms with Gasteiger partial charge in [-0.1, -0.05) is 22.0 Å². The van der Waals surface area contributed by atoms with Crippen molar-refractivity contribution in [3.63, 3.8) is 0 Å². The number of rotatable bonds is 3. The Balaban J connectivity index is 3.12. The second kappa shape index (κ2) is 4.95. The van der Waals surface area contributed by atoms with Gasteiger partial charge in [0.15, 0.2) is 17.3 Å². The summed E-state index contributed by atoms with van der Waals surface area (Å²) in [4.78, 5) is 10.9. The average molecular weight is 313 g/mol. The lowest BCUT2D eigenvalue weighted by molar-refractivity contribution is -0.275. The third-order valence-electron chi connectivity index (χ3n) is 1.85. The summed E-state index contributed by atoms with van der Waals surface area (Å²) in [5.74, 6) is -2.15. The summed E-state index contributed by atoms with van der Waals surface area (Å²) in [6.07, 6.45) is -4.92. The Kier molecular flexibility index (Phi) is 4.03. The van der Waals surface area contributed by atoms with Crippen molar-refractivity contribution in [3.8, 4) is 11.5 Å². The van der Waals surface area contributed by atoms with Crippen LogP contribution in [0.4, 0.5) is 13.2 Å². The smallest absolute Gasteiger partial charge is 0.504 e. The van der Waals surface area contributed by atoms with Crippen molar-refractivity contribution in [1.29, 1.82) is 0 Å². The molecule has 0 bridgehead atoms. The van der Waals surface area contributed by atoms with Crippen molar-refractivity contribution in [2.45, 2.75) is 18.1 Å². The van der Waals surface area contributed by atoms with Gasteiger partial charge in [0.2, 0.25) is 0 Å². The van der Waals surface area contributed by atoms with Gasteiger partial charge < -0.3 is 9.84 Å². The predicted octanol–water partition coefficient (Wildman–Crippen LogP) is 3.26. The zero-order chi connectivity index (χ0) is 13.2. The number of ketones is 1. The first-order valence-corrected chi connectivity index (χ1v) is 5.40. The number of carbonyl (C=O) groups excluding carboxylic acids is 1. The highest BCUT2D eigenvalue weighted by atomic mass is 79.9. The molecule has 0 saturated heterocycles. The van der Waals surface area contributed by atoms with Crippen LogP contribution in [-0.2, 0) is 0 Å². The number of alkyl halides is 4. The molecule has 0 radical (unpaired) electrons. The van der Waals surface area contributed by atoms with Crippen LogP contribution in [0, 0.1) is 0 Å². The second-order valence-corrected chi connectivity index (χ2v) is 4.55. The first-order chi connectivity index (χ1) is 7.72. The number of carbonyl (C=O) groups is 1. The highest BCUT2D eigenvalue weighted by Crippen LogP contribution is 2.34. The van der Waals surface area contributed by atoms with Crippen LogP contribution >= 0.6 is 15.9 Å². The summed E-state index contributed by atoms with van der Waals surface area (Å²) in [5, 5.41) is 9.50. The van der Waals surface area contributed by atoms with E-state index >= 15 is 0 Å². The lowest BCUT2D eigenvalue weighted by Crippen LogP contribution is -2.18. The zero-order valence-electron chi connectivity index (χ0n) is 8.58. The van der Waals surface area contributed by atoms with Gasteiger partial charge in [0.05, 0.1) is 10.4 Å². The minimum atomic E-state index is -4.92. The minimum absolute atomic E-state index is 0.226. The molecule has 1 rings (SSSR count). The molecular formula is C10H8BrF3O3. The molecule has 0 aliphatic carbocycles. The van der Waals surface area contributed by atoms with Crippen LogP contribution in [-0.4, -0.2) is 22.1 Å². The van der Waals surface area contributed by atoms with Gasteiger partial charge in [-0.15, -0.1) is 13.2 Å². The molecule has 1 N–H and O–H groups in total. The summed E-state index contributed by atoms with van der Waals surface area (Å²) in [6, 6.07) is 3.35. The van der Waals surface area contributed by atoms with Crippen LogP contribution in [0.2, 0.25) is 0 Å². The van der Waals surface area contributed by atoms with E-state index in [9.17, 15) is 23.1 Å². The number of para-hydroxylation sites is 1. The van der Waals surface area contributed by atoms with Crippen LogP contribution in [0.15, 0.2) is 18.2 Å². The van der Waals surface area contributed by atoms with Crippen LogP contribution < -0.4 is 4.74 Å². The molecule has 17 heavy (non-hydrogen) atoms. The van der Waals surface area contributed by atoms with Crippen molar-refractivity contribution >= 4 is 21.7 Å². The molecule has 0 aliphatic heterocycles. The van der Waals surface area contributed by atoms with E-state index in [-0.39, 0.29) is 5.56 Å². The largest absolute Gasteiger partial charge is 0.573 e. The lowest BCUT2D eigenvalue weighted by atomic mass is 10.1. The van der Waals surface area contributed by atoms with Crippen LogP contribution in [0.3, 0.4) is 0 Å². The Morgan fingerprint density at radius 2 is 2.06 bits per heavy atom. The number of hydrogen-bond donors (Lipinski definition) is 1. The lowest BCUT2D eigenvalue weighted by Gasteiger charge is -2.12. The molecule has 0 heterocycles. The molecule has 1 aromatic rings. The molecule has 94 valence electrons. The fourth-order valence-corrected chi connectivity index (χ4v) is 1.39. The van der Waals surface area contributed by atoms with Gasteiger partial charge in [-0.2, -0.15) is 0 Å². The third kappa shape index (κ3) is 3.62. The van der Waals surface area contributed by atoms with Crippen LogP contribution in [0.5, 0.6) is 11.5 Å². The fourth-order valence-electron chi connectivity index (χ4n) is 1.14. The monoisotopic (exact) mass is 312 g/mol. The molecule has 1 unspecified atom stereocenters. The molecule has 0 fully saturated rings.